The van der Waals surface area contributed by atoms with E-state index in [-0.39, 0.29) is 16.9 Å². The van der Waals surface area contributed by atoms with Crippen molar-refractivity contribution in [2.75, 3.05) is 0 Å². The van der Waals surface area contributed by atoms with Gasteiger partial charge < -0.3 is 15.4 Å². The van der Waals surface area contributed by atoms with Crippen LogP contribution in [0.3, 0.4) is 0 Å². The molecule has 0 aliphatic heterocycles. The van der Waals surface area contributed by atoms with Crippen LogP contribution in [-0.4, -0.2) is 32.5 Å². The summed E-state index contributed by atoms with van der Waals surface area (Å²) in [4.78, 5) is 28.5. The number of nitrogens with zero attached hydrogens (tertiary/aromatic N) is 1. The minimum atomic E-state index is -1.18. The Kier molecular flexibility index (Phi) is 1.99. The van der Waals surface area contributed by atoms with Gasteiger partial charge in [-0.15, -0.1) is 0 Å². The summed E-state index contributed by atoms with van der Waals surface area (Å²) >= 11 is 0. The zero-order valence-corrected chi connectivity index (χ0v) is 8.20. The number of hydrogen-bond acceptors (Lipinski definition) is 3. The zero-order valence-electron chi connectivity index (χ0n) is 8.20. The average molecular weight is 209 g/mol. The van der Waals surface area contributed by atoms with Gasteiger partial charge in [0.1, 0.15) is 0 Å². The minimum absolute atomic E-state index is 0.0596. The highest BCUT2D eigenvalue weighted by Crippen LogP contribution is 2.34. The van der Waals surface area contributed by atoms with Crippen molar-refractivity contribution in [2.24, 2.45) is 0 Å². The van der Waals surface area contributed by atoms with Crippen LogP contribution in [0.15, 0.2) is 6.33 Å². The first kappa shape index (κ1) is 9.70. The number of aromatic nitrogens is 2. The van der Waals surface area contributed by atoms with Crippen molar-refractivity contribution < 1.29 is 14.7 Å². The van der Waals surface area contributed by atoms with Gasteiger partial charge in [0, 0.05) is 5.54 Å². The Balaban J connectivity index is 2.18. The van der Waals surface area contributed by atoms with Crippen LogP contribution in [-0.2, 0) is 0 Å². The van der Waals surface area contributed by atoms with Crippen LogP contribution in [0.5, 0.6) is 0 Å². The Morgan fingerprint density at radius 3 is 2.80 bits per heavy atom. The molecule has 0 bridgehead atoms. The smallest absolute Gasteiger partial charge is 0.354 e. The molecule has 1 aliphatic rings. The number of carbonyl (C=O) groups excluding carboxylic acids is 1. The van der Waals surface area contributed by atoms with Crippen LogP contribution in [0.25, 0.3) is 0 Å². The average Bonchev–Trinajstić information content (AvgIpc) is 2.70. The molecule has 0 spiro atoms. The number of amides is 1. The molecule has 6 heteroatoms. The van der Waals surface area contributed by atoms with E-state index in [2.05, 4.69) is 15.3 Å². The lowest BCUT2D eigenvalue weighted by molar-refractivity contribution is 0.0684. The van der Waals surface area contributed by atoms with E-state index in [0.29, 0.717) is 0 Å². The van der Waals surface area contributed by atoms with E-state index in [1.165, 1.54) is 6.33 Å². The molecule has 80 valence electrons. The number of hydrogen-bond donors (Lipinski definition) is 3. The predicted octanol–water partition coefficient (Wildman–Crippen LogP) is 0.390. The molecule has 0 aromatic carbocycles. The fourth-order valence-corrected chi connectivity index (χ4v) is 1.28. The SMILES string of the molecule is CC1(NC(=O)c2nc[nH]c2C(=O)O)CC1. The highest BCUT2D eigenvalue weighted by atomic mass is 16.4. The summed E-state index contributed by atoms with van der Waals surface area (Å²) in [5.74, 6) is -1.62. The summed E-state index contributed by atoms with van der Waals surface area (Å²) in [7, 11) is 0. The minimum Gasteiger partial charge on any atom is -0.477 e. The van der Waals surface area contributed by atoms with E-state index in [9.17, 15) is 9.59 Å². The molecule has 1 saturated carbocycles. The predicted molar refractivity (Wildman–Crippen MR) is 50.7 cm³/mol. The molecule has 0 saturated heterocycles. The molecule has 6 nitrogen and oxygen atoms in total. The second kappa shape index (κ2) is 3.08. The van der Waals surface area contributed by atoms with Gasteiger partial charge in [0.2, 0.25) is 0 Å². The highest BCUT2D eigenvalue weighted by Gasteiger charge is 2.39. The zero-order chi connectivity index (χ0) is 11.1. The van der Waals surface area contributed by atoms with Crippen molar-refractivity contribution in [3.63, 3.8) is 0 Å². The van der Waals surface area contributed by atoms with Crippen molar-refractivity contribution in [2.45, 2.75) is 25.3 Å². The van der Waals surface area contributed by atoms with Crippen LogP contribution < -0.4 is 5.32 Å². The lowest BCUT2D eigenvalue weighted by atomic mass is 10.2. The van der Waals surface area contributed by atoms with E-state index in [1.807, 2.05) is 6.92 Å². The van der Waals surface area contributed by atoms with Crippen molar-refractivity contribution in [1.29, 1.82) is 0 Å². The fourth-order valence-electron chi connectivity index (χ4n) is 1.28. The van der Waals surface area contributed by atoms with E-state index >= 15 is 0 Å². The summed E-state index contributed by atoms with van der Waals surface area (Å²) in [5, 5.41) is 11.5. The number of carboxylic acids is 1. The lowest BCUT2D eigenvalue weighted by Gasteiger charge is -2.09. The quantitative estimate of drug-likeness (QED) is 0.671. The normalized spacial score (nSPS) is 17.1. The largest absolute Gasteiger partial charge is 0.477 e. The summed E-state index contributed by atoms with van der Waals surface area (Å²) in [6, 6.07) is 0. The van der Waals surface area contributed by atoms with Crippen LogP contribution in [0, 0.1) is 0 Å². The number of nitrogens with one attached hydrogen (secondary N) is 2. The third-order valence-electron chi connectivity index (χ3n) is 2.48. The van der Waals surface area contributed by atoms with E-state index in [4.69, 9.17) is 5.11 Å². The molecule has 1 aromatic rings. The van der Waals surface area contributed by atoms with Crippen LogP contribution in [0.2, 0.25) is 0 Å². The summed E-state index contributed by atoms with van der Waals surface area (Å²) < 4.78 is 0. The maximum Gasteiger partial charge on any atom is 0.354 e. The number of imidazole rings is 1. The second-order valence-electron chi connectivity index (χ2n) is 3.95. The molecule has 15 heavy (non-hydrogen) atoms. The Hall–Kier alpha value is -1.85. The molecule has 1 fully saturated rings. The number of aromatic amines is 1. The monoisotopic (exact) mass is 209 g/mol. The van der Waals surface area contributed by atoms with Crippen molar-refractivity contribution in [1.82, 2.24) is 15.3 Å². The first-order valence-electron chi connectivity index (χ1n) is 4.61. The lowest BCUT2D eigenvalue weighted by Crippen LogP contribution is -2.35. The Morgan fingerprint density at radius 2 is 2.27 bits per heavy atom. The summed E-state index contributed by atoms with van der Waals surface area (Å²) in [6.45, 7) is 1.91. The summed E-state index contributed by atoms with van der Waals surface area (Å²) in [5.41, 5.74) is -0.404. The van der Waals surface area contributed by atoms with Crippen molar-refractivity contribution in [3.8, 4) is 0 Å². The van der Waals surface area contributed by atoms with Gasteiger partial charge in [-0.25, -0.2) is 9.78 Å². The topological polar surface area (TPSA) is 95.1 Å². The number of aromatic carboxylic acids is 1. The Bertz CT molecular complexity index is 420. The second-order valence-corrected chi connectivity index (χ2v) is 3.95. The van der Waals surface area contributed by atoms with Gasteiger partial charge >= 0.3 is 5.97 Å². The summed E-state index contributed by atoms with van der Waals surface area (Å²) in [6.07, 6.45) is 3.05. The molecule has 1 aliphatic carbocycles. The van der Waals surface area contributed by atoms with Gasteiger partial charge in [-0.05, 0) is 19.8 Å². The molecule has 0 radical (unpaired) electrons. The molecular weight excluding hydrogens is 198 g/mol. The van der Waals surface area contributed by atoms with Gasteiger partial charge in [0.25, 0.3) is 5.91 Å². The maximum atomic E-state index is 11.6. The van der Waals surface area contributed by atoms with Gasteiger partial charge in [-0.1, -0.05) is 0 Å². The highest BCUT2D eigenvalue weighted by molar-refractivity contribution is 6.02. The molecule has 2 rings (SSSR count). The van der Waals surface area contributed by atoms with E-state index in [0.717, 1.165) is 12.8 Å². The van der Waals surface area contributed by atoms with Crippen LogP contribution in [0.1, 0.15) is 40.7 Å². The molecule has 1 amide bonds. The van der Waals surface area contributed by atoms with Crippen molar-refractivity contribution >= 4 is 11.9 Å². The number of carboxylic acid groups (broad SMARTS) is 1. The third kappa shape index (κ3) is 1.83. The molecular formula is C9H11N3O3. The van der Waals surface area contributed by atoms with Gasteiger partial charge in [-0.2, -0.15) is 0 Å². The van der Waals surface area contributed by atoms with Gasteiger partial charge in [-0.3, -0.25) is 4.79 Å². The third-order valence-corrected chi connectivity index (χ3v) is 2.48. The van der Waals surface area contributed by atoms with Gasteiger partial charge in [0.05, 0.1) is 6.33 Å². The number of carbonyl (C=O) groups is 2. The molecule has 1 aromatic heterocycles. The van der Waals surface area contributed by atoms with E-state index < -0.39 is 11.9 Å². The number of rotatable bonds is 3. The maximum absolute atomic E-state index is 11.6. The van der Waals surface area contributed by atoms with Crippen LogP contribution in [0.4, 0.5) is 0 Å². The molecule has 1 heterocycles. The first-order chi connectivity index (χ1) is 7.02. The van der Waals surface area contributed by atoms with Crippen LogP contribution >= 0.6 is 0 Å². The Morgan fingerprint density at radius 1 is 1.60 bits per heavy atom. The van der Waals surface area contributed by atoms with E-state index in [1.54, 1.807) is 0 Å². The standard InChI is InChI=1S/C9H11N3O3/c1-9(2-3-9)12-7(13)5-6(8(14)15)11-4-10-5/h4H,2-3H2,1H3,(H,10,11)(H,12,13)(H,14,15). The first-order valence-corrected chi connectivity index (χ1v) is 4.61. The molecule has 0 unspecified atom stereocenters. The van der Waals surface area contributed by atoms with Crippen molar-refractivity contribution in [3.05, 3.63) is 17.7 Å². The Labute approximate surface area is 85.7 Å². The molecule has 0 atom stereocenters. The van der Waals surface area contributed by atoms with Gasteiger partial charge in [0.15, 0.2) is 11.4 Å². The number of H-pyrrole nitrogens is 1. The molecule has 3 N–H and O–H groups in total. The fraction of sp³-hybridized carbons (Fsp3) is 0.444.